The van der Waals surface area contributed by atoms with Crippen molar-refractivity contribution in [1.82, 2.24) is 5.06 Å². The summed E-state index contributed by atoms with van der Waals surface area (Å²) in [6, 6.07) is 0. The number of primary amides is 1. The molecule has 0 aromatic heterocycles. The van der Waals surface area contributed by atoms with Crippen LogP contribution in [0, 0.1) is 0 Å². The van der Waals surface area contributed by atoms with Crippen molar-refractivity contribution in [1.29, 1.82) is 0 Å². The Morgan fingerprint density at radius 3 is 2.31 bits per heavy atom. The van der Waals surface area contributed by atoms with Crippen LogP contribution in [0.25, 0.3) is 0 Å². The number of hydrogen-bond acceptors (Lipinski definition) is 6. The van der Waals surface area contributed by atoms with E-state index in [0.717, 1.165) is 5.06 Å². The first-order valence-electron chi connectivity index (χ1n) is 4.62. The van der Waals surface area contributed by atoms with E-state index in [1.54, 1.807) is 0 Å². The first-order valence-corrected chi connectivity index (χ1v) is 5.99. The van der Waals surface area contributed by atoms with E-state index in [0.29, 0.717) is 19.4 Å². The van der Waals surface area contributed by atoms with Crippen LogP contribution < -0.4 is 11.5 Å². The summed E-state index contributed by atoms with van der Waals surface area (Å²) in [5.41, 5.74) is 9.08. The highest BCUT2D eigenvalue weighted by atomic mass is 32.2. The summed E-state index contributed by atoms with van der Waals surface area (Å²) in [4.78, 5) is 10.6. The van der Waals surface area contributed by atoms with Crippen LogP contribution in [0.1, 0.15) is 12.8 Å². The minimum absolute atomic E-state index is 0.0926. The van der Waals surface area contributed by atoms with Crippen molar-refractivity contribution in [2.45, 2.75) is 18.5 Å². The average Bonchev–Trinajstić information content (AvgIpc) is 2.49. The van der Waals surface area contributed by atoms with Gasteiger partial charge in [0.05, 0.1) is 5.75 Å². The van der Waals surface area contributed by atoms with E-state index in [2.05, 4.69) is 6.58 Å². The molecule has 0 spiro atoms. The van der Waals surface area contributed by atoms with Gasteiger partial charge in [0.15, 0.2) is 5.66 Å². The standard InChI is InChI=1S/C5H11N3O2.C3H6O2S/c6-4(9)5(7)2-1-3-8(5)10;1-2-3-6(4)5/h10H,1-3,7H2,(H2,6,9);2,6H,1,3H2/t5-;/m1./s1. The van der Waals surface area contributed by atoms with Crippen molar-refractivity contribution < 1.29 is 18.4 Å². The molecule has 0 aromatic rings. The van der Waals surface area contributed by atoms with Crippen LogP contribution in [-0.2, 0) is 15.5 Å². The van der Waals surface area contributed by atoms with E-state index in [-0.39, 0.29) is 5.75 Å². The van der Waals surface area contributed by atoms with Crippen molar-refractivity contribution in [2.75, 3.05) is 12.3 Å². The fourth-order valence-electron chi connectivity index (χ4n) is 1.18. The lowest BCUT2D eigenvalue weighted by Gasteiger charge is -2.25. The van der Waals surface area contributed by atoms with E-state index in [1.165, 1.54) is 6.08 Å². The Labute approximate surface area is 95.6 Å². The van der Waals surface area contributed by atoms with Gasteiger partial charge in [0, 0.05) is 6.54 Å². The molecule has 1 rings (SSSR count). The van der Waals surface area contributed by atoms with Gasteiger partial charge < -0.3 is 16.7 Å². The van der Waals surface area contributed by atoms with Crippen LogP contribution in [0.4, 0.5) is 0 Å². The lowest BCUT2D eigenvalue weighted by atomic mass is 10.1. The topological polar surface area (TPSA) is 127 Å². The predicted octanol–water partition coefficient (Wildman–Crippen LogP) is -1.60. The van der Waals surface area contributed by atoms with E-state index in [4.69, 9.17) is 16.7 Å². The van der Waals surface area contributed by atoms with Crippen LogP contribution in [0.2, 0.25) is 0 Å². The van der Waals surface area contributed by atoms with Gasteiger partial charge in [-0.25, -0.2) is 8.42 Å². The molecule has 16 heavy (non-hydrogen) atoms. The van der Waals surface area contributed by atoms with E-state index in [1.807, 2.05) is 0 Å². The smallest absolute Gasteiger partial charge is 0.254 e. The van der Waals surface area contributed by atoms with E-state index in [9.17, 15) is 13.2 Å². The summed E-state index contributed by atoms with van der Waals surface area (Å²) < 4.78 is 19.1. The second-order valence-electron chi connectivity index (χ2n) is 3.32. The molecular formula is C8H17N3O4S. The fourth-order valence-corrected chi connectivity index (χ4v) is 1.39. The van der Waals surface area contributed by atoms with Gasteiger partial charge in [-0.1, -0.05) is 6.08 Å². The first-order chi connectivity index (χ1) is 7.34. The average molecular weight is 251 g/mol. The second-order valence-corrected chi connectivity index (χ2v) is 4.35. The summed E-state index contributed by atoms with van der Waals surface area (Å²) in [7, 11) is -2.22. The molecule has 5 N–H and O–H groups in total. The van der Waals surface area contributed by atoms with Crippen molar-refractivity contribution >= 4 is 16.6 Å². The Balaban J connectivity index is 0.000000325. The molecule has 0 unspecified atom stereocenters. The quantitative estimate of drug-likeness (QED) is 0.353. The van der Waals surface area contributed by atoms with Gasteiger partial charge in [-0.05, 0) is 12.8 Å². The zero-order chi connectivity index (χ0) is 12.8. The number of carbonyl (C=O) groups is 1. The first kappa shape index (κ1) is 15.0. The van der Waals surface area contributed by atoms with Gasteiger partial charge in [-0.3, -0.25) is 4.79 Å². The lowest BCUT2D eigenvalue weighted by Crippen LogP contribution is -2.59. The maximum Gasteiger partial charge on any atom is 0.254 e. The van der Waals surface area contributed by atoms with E-state index >= 15 is 0 Å². The largest absolute Gasteiger partial charge is 0.367 e. The fraction of sp³-hybridized carbons (Fsp3) is 0.625. The summed E-state index contributed by atoms with van der Waals surface area (Å²) in [5.74, 6) is -0.581. The molecule has 8 heteroatoms. The maximum absolute atomic E-state index is 10.6. The molecule has 0 aliphatic carbocycles. The predicted molar refractivity (Wildman–Crippen MR) is 59.2 cm³/mol. The summed E-state index contributed by atoms with van der Waals surface area (Å²) in [5, 5.41) is 9.83. The SMILES string of the molecule is C=CC[SH](=O)=O.NC(=O)[C@@]1(N)CCCN1O. The van der Waals surface area contributed by atoms with Crippen LogP contribution in [0.5, 0.6) is 0 Å². The normalized spacial score (nSPS) is 24.9. The summed E-state index contributed by atoms with van der Waals surface area (Å²) in [6.45, 7) is 3.63. The third-order valence-electron chi connectivity index (χ3n) is 2.09. The van der Waals surface area contributed by atoms with Crippen molar-refractivity contribution in [2.24, 2.45) is 11.5 Å². The molecule has 94 valence electrons. The Morgan fingerprint density at radius 1 is 1.62 bits per heavy atom. The summed E-state index contributed by atoms with van der Waals surface area (Å²) >= 11 is 0. The third-order valence-corrected chi connectivity index (χ3v) is 2.65. The van der Waals surface area contributed by atoms with Crippen LogP contribution in [0.3, 0.4) is 0 Å². The Kier molecular flexibility index (Phi) is 6.19. The van der Waals surface area contributed by atoms with Crippen LogP contribution in [0.15, 0.2) is 12.7 Å². The van der Waals surface area contributed by atoms with Crippen molar-refractivity contribution in [3.05, 3.63) is 12.7 Å². The Bertz CT molecular complexity index is 323. The van der Waals surface area contributed by atoms with Gasteiger partial charge >= 0.3 is 0 Å². The Morgan fingerprint density at radius 2 is 2.19 bits per heavy atom. The molecule has 1 aliphatic rings. The number of hydroxylamine groups is 2. The number of rotatable bonds is 3. The van der Waals surface area contributed by atoms with Crippen LogP contribution in [-0.4, -0.2) is 42.6 Å². The molecular weight excluding hydrogens is 234 g/mol. The molecule has 1 fully saturated rings. The molecule has 0 bridgehead atoms. The number of hydrogen-bond donors (Lipinski definition) is 4. The van der Waals surface area contributed by atoms with Gasteiger partial charge in [-0.15, -0.1) is 6.58 Å². The molecule has 1 aliphatic heterocycles. The highest BCUT2D eigenvalue weighted by Crippen LogP contribution is 2.20. The molecule has 1 heterocycles. The Hall–Kier alpha value is -0.960. The number of nitrogens with two attached hydrogens (primary N) is 2. The molecule has 0 saturated carbocycles. The van der Waals surface area contributed by atoms with Gasteiger partial charge in [-0.2, -0.15) is 5.06 Å². The van der Waals surface area contributed by atoms with Crippen LogP contribution >= 0.6 is 0 Å². The molecule has 1 atom stereocenters. The number of thiol groups is 1. The number of amides is 1. The second kappa shape index (κ2) is 6.59. The molecule has 7 nitrogen and oxygen atoms in total. The lowest BCUT2D eigenvalue weighted by molar-refractivity contribution is -0.166. The molecule has 1 saturated heterocycles. The monoisotopic (exact) mass is 251 g/mol. The third kappa shape index (κ3) is 4.27. The van der Waals surface area contributed by atoms with Gasteiger partial charge in [0.1, 0.15) is 10.7 Å². The molecule has 0 radical (unpaired) electrons. The highest BCUT2D eigenvalue weighted by Gasteiger charge is 2.42. The van der Waals surface area contributed by atoms with Gasteiger partial charge in [0.25, 0.3) is 5.91 Å². The minimum Gasteiger partial charge on any atom is -0.367 e. The van der Waals surface area contributed by atoms with Crippen molar-refractivity contribution in [3.8, 4) is 0 Å². The van der Waals surface area contributed by atoms with Gasteiger partial charge in [0.2, 0.25) is 0 Å². The maximum atomic E-state index is 10.6. The highest BCUT2D eigenvalue weighted by molar-refractivity contribution is 7.72. The van der Waals surface area contributed by atoms with Crippen molar-refractivity contribution in [3.63, 3.8) is 0 Å². The zero-order valence-electron chi connectivity index (χ0n) is 8.83. The summed E-state index contributed by atoms with van der Waals surface area (Å²) in [6.07, 6.45) is 2.49. The molecule has 1 amide bonds. The molecule has 0 aromatic carbocycles. The van der Waals surface area contributed by atoms with E-state index < -0.39 is 22.3 Å². The minimum atomic E-state index is -2.22. The number of carbonyl (C=O) groups excluding carboxylic acids is 1. The zero-order valence-corrected chi connectivity index (χ0v) is 9.73. The number of nitrogens with zero attached hydrogens (tertiary/aromatic N) is 1.